The van der Waals surface area contributed by atoms with E-state index >= 15 is 0 Å². The van der Waals surface area contributed by atoms with Crippen molar-refractivity contribution in [2.45, 2.75) is 142 Å². The zero-order valence-corrected chi connectivity index (χ0v) is 23.9. The number of unbranched alkanes of at least 4 members (excludes halogenated alkanes) is 18. The van der Waals surface area contributed by atoms with Gasteiger partial charge in [0.2, 0.25) is 0 Å². The molecule has 0 saturated carbocycles. The first-order chi connectivity index (χ1) is 14.4. The van der Waals surface area contributed by atoms with Crippen LogP contribution in [0.5, 0.6) is 0 Å². The molecular weight excluding hydrogens is 423 g/mol. The third kappa shape index (κ3) is 49.2. The van der Waals surface area contributed by atoms with E-state index in [0.29, 0.717) is 0 Å². The minimum absolute atomic E-state index is 0. The van der Waals surface area contributed by atoms with E-state index in [1.165, 1.54) is 128 Å². The second-order valence-electron chi connectivity index (χ2n) is 8.42. The Balaban J connectivity index is -0.00000116. The fourth-order valence-corrected chi connectivity index (χ4v) is 3.49. The van der Waals surface area contributed by atoms with Crippen LogP contribution in [0.15, 0.2) is 0 Å². The minimum Gasteiger partial charge on any atom is -0.381 e. The molecule has 0 aromatic heterocycles. The Morgan fingerprint density at radius 2 is 0.677 bits per heavy atom. The van der Waals surface area contributed by atoms with Crippen molar-refractivity contribution in [2.24, 2.45) is 0 Å². The van der Waals surface area contributed by atoms with Crippen LogP contribution in [0.3, 0.4) is 0 Å². The molecule has 0 heterocycles. The Labute approximate surface area is 216 Å². The molecule has 0 saturated heterocycles. The van der Waals surface area contributed by atoms with Crippen molar-refractivity contribution in [3.8, 4) is 0 Å². The summed E-state index contributed by atoms with van der Waals surface area (Å²) in [4.78, 5) is 0. The van der Waals surface area contributed by atoms with Gasteiger partial charge in [0.15, 0.2) is 0 Å². The molecule has 0 aromatic rings. The number of ether oxygens (including phenoxy) is 1. The van der Waals surface area contributed by atoms with Gasteiger partial charge in [0.1, 0.15) is 0 Å². The zero-order chi connectivity index (χ0) is 22.8. The first-order valence-corrected chi connectivity index (χ1v) is 14.1. The van der Waals surface area contributed by atoms with Crippen LogP contribution in [0.4, 0.5) is 0 Å². The monoisotopic (exact) mass is 475 g/mol. The summed E-state index contributed by atoms with van der Waals surface area (Å²) in [5, 5.41) is 0. The molecule has 0 aliphatic carbocycles. The number of hydrogen-bond donors (Lipinski definition) is 2. The Hall–Kier alpha value is 0.830. The second kappa shape index (κ2) is 30.8. The van der Waals surface area contributed by atoms with Crippen molar-refractivity contribution in [1.29, 1.82) is 0 Å². The van der Waals surface area contributed by atoms with E-state index < -0.39 is 10.4 Å². The van der Waals surface area contributed by atoms with E-state index in [4.69, 9.17) is 22.3 Å². The van der Waals surface area contributed by atoms with E-state index in [-0.39, 0.29) is 29.6 Å². The molecule has 0 spiro atoms. The zero-order valence-electron chi connectivity index (χ0n) is 21.1. The molecule has 7 heteroatoms. The summed E-state index contributed by atoms with van der Waals surface area (Å²) in [5.74, 6) is 0. The molecular formula is C24H52NaO5S+. The number of hydrogen-bond acceptors (Lipinski definition) is 3. The van der Waals surface area contributed by atoms with Crippen LogP contribution in [0.2, 0.25) is 0 Å². The maximum absolute atomic E-state index is 8.74. The van der Waals surface area contributed by atoms with Crippen molar-refractivity contribution in [2.75, 3.05) is 13.2 Å². The Morgan fingerprint density at radius 3 is 0.903 bits per heavy atom. The third-order valence-electron chi connectivity index (χ3n) is 5.28. The summed E-state index contributed by atoms with van der Waals surface area (Å²) >= 11 is 0. The topological polar surface area (TPSA) is 83.8 Å². The second-order valence-corrected chi connectivity index (χ2v) is 9.32. The first-order valence-electron chi connectivity index (χ1n) is 12.7. The third-order valence-corrected chi connectivity index (χ3v) is 5.28. The molecule has 0 aliphatic heterocycles. The summed E-state index contributed by atoms with van der Waals surface area (Å²) < 4.78 is 37.4. The molecule has 0 amide bonds. The summed E-state index contributed by atoms with van der Waals surface area (Å²) in [7, 11) is -4.67. The van der Waals surface area contributed by atoms with Gasteiger partial charge in [-0.2, -0.15) is 8.42 Å². The average molecular weight is 476 g/mol. The van der Waals surface area contributed by atoms with Gasteiger partial charge >= 0.3 is 40.0 Å². The van der Waals surface area contributed by atoms with Gasteiger partial charge in [-0.3, -0.25) is 9.11 Å². The van der Waals surface area contributed by atoms with E-state index in [1.54, 1.807) is 0 Å². The van der Waals surface area contributed by atoms with Crippen LogP contribution in [0.1, 0.15) is 142 Å². The van der Waals surface area contributed by atoms with Gasteiger partial charge in [-0.25, -0.2) is 0 Å². The quantitative estimate of drug-likeness (QED) is 0.128. The molecule has 2 N–H and O–H groups in total. The molecule has 31 heavy (non-hydrogen) atoms. The Kier molecular flexibility index (Phi) is 36.2. The summed E-state index contributed by atoms with van der Waals surface area (Å²) in [6, 6.07) is 0. The molecule has 0 atom stereocenters. The maximum atomic E-state index is 8.74. The molecule has 184 valence electrons. The Morgan fingerprint density at radius 1 is 0.484 bits per heavy atom. The standard InChI is InChI=1S/C24H50O.Na.H2O4S/c1-3-5-7-9-11-13-15-17-19-21-23-25-24-22-20-18-16-14-12-10-8-6-4-2;;1-5(2,3)4/h3-24H2,1-2H3;;(H2,1,2,3,4)/q;+1;. The van der Waals surface area contributed by atoms with Crippen LogP contribution in [-0.2, 0) is 15.1 Å². The fraction of sp³-hybridized carbons (Fsp3) is 1.00. The van der Waals surface area contributed by atoms with Gasteiger partial charge in [-0.05, 0) is 12.8 Å². The predicted molar refractivity (Wildman–Crippen MR) is 129 cm³/mol. The first kappa shape index (κ1) is 36.4. The van der Waals surface area contributed by atoms with Gasteiger partial charge < -0.3 is 4.74 Å². The SMILES string of the molecule is CCCCCCCCCCCCOCCCCCCCCCCCC.O=S(=O)(O)O.[Na+]. The smallest absolute Gasteiger partial charge is 0.381 e. The fourth-order valence-electron chi connectivity index (χ4n) is 3.49. The molecule has 0 fully saturated rings. The minimum atomic E-state index is -4.67. The largest absolute Gasteiger partial charge is 1.00 e. The van der Waals surface area contributed by atoms with Crippen molar-refractivity contribution in [3.05, 3.63) is 0 Å². The van der Waals surface area contributed by atoms with Gasteiger partial charge in [-0.15, -0.1) is 0 Å². The van der Waals surface area contributed by atoms with Gasteiger partial charge in [-0.1, -0.05) is 129 Å². The van der Waals surface area contributed by atoms with Gasteiger partial charge in [0.05, 0.1) is 0 Å². The normalized spacial score (nSPS) is 11.0. The molecule has 0 radical (unpaired) electrons. The van der Waals surface area contributed by atoms with Crippen LogP contribution in [0, 0.1) is 0 Å². The average Bonchev–Trinajstić information content (AvgIpc) is 2.68. The summed E-state index contributed by atoms with van der Waals surface area (Å²) in [5.41, 5.74) is 0. The summed E-state index contributed by atoms with van der Waals surface area (Å²) in [6.45, 7) is 6.57. The number of rotatable bonds is 22. The molecule has 5 nitrogen and oxygen atoms in total. The van der Waals surface area contributed by atoms with E-state index in [1.807, 2.05) is 0 Å². The molecule has 0 aliphatic rings. The van der Waals surface area contributed by atoms with Crippen LogP contribution in [-0.4, -0.2) is 30.7 Å². The van der Waals surface area contributed by atoms with E-state index in [0.717, 1.165) is 13.2 Å². The predicted octanol–water partition coefficient (Wildman–Crippen LogP) is 5.20. The van der Waals surface area contributed by atoms with E-state index in [2.05, 4.69) is 13.8 Å². The van der Waals surface area contributed by atoms with Crippen molar-refractivity contribution >= 4 is 10.4 Å². The molecule has 0 aromatic carbocycles. The Bertz CT molecular complexity index is 375. The molecule has 0 unspecified atom stereocenters. The summed E-state index contributed by atoms with van der Waals surface area (Å²) in [6.07, 6.45) is 28.2. The van der Waals surface area contributed by atoms with Crippen LogP contribution >= 0.6 is 0 Å². The van der Waals surface area contributed by atoms with Crippen molar-refractivity contribution < 1.29 is 51.8 Å². The maximum Gasteiger partial charge on any atom is 1.00 e. The van der Waals surface area contributed by atoms with Crippen molar-refractivity contribution in [3.63, 3.8) is 0 Å². The molecule has 0 bridgehead atoms. The van der Waals surface area contributed by atoms with Crippen LogP contribution < -0.4 is 29.6 Å². The van der Waals surface area contributed by atoms with E-state index in [9.17, 15) is 0 Å². The van der Waals surface area contributed by atoms with Gasteiger partial charge in [0, 0.05) is 13.2 Å². The molecule has 0 rings (SSSR count). The van der Waals surface area contributed by atoms with Crippen molar-refractivity contribution in [1.82, 2.24) is 0 Å². The van der Waals surface area contributed by atoms with Gasteiger partial charge in [0.25, 0.3) is 0 Å². The van der Waals surface area contributed by atoms with Crippen LogP contribution in [0.25, 0.3) is 0 Å².